The SMILES string of the molecule is CCC1CCCCC1C(NN)C1CCCC1(C)C. The summed E-state index contributed by atoms with van der Waals surface area (Å²) in [5, 5.41) is 0. The van der Waals surface area contributed by atoms with E-state index in [2.05, 4.69) is 26.2 Å². The molecule has 2 aliphatic rings. The summed E-state index contributed by atoms with van der Waals surface area (Å²) >= 11 is 0. The number of nitrogens with two attached hydrogens (primary N) is 1. The Morgan fingerprint density at radius 1 is 1.17 bits per heavy atom. The van der Waals surface area contributed by atoms with Crippen molar-refractivity contribution in [2.24, 2.45) is 29.0 Å². The van der Waals surface area contributed by atoms with Gasteiger partial charge in [0.2, 0.25) is 0 Å². The van der Waals surface area contributed by atoms with Crippen LogP contribution in [0.4, 0.5) is 0 Å². The Kier molecular flexibility index (Phi) is 4.71. The van der Waals surface area contributed by atoms with Crippen LogP contribution >= 0.6 is 0 Å². The van der Waals surface area contributed by atoms with E-state index in [9.17, 15) is 0 Å². The van der Waals surface area contributed by atoms with Crippen molar-refractivity contribution in [1.82, 2.24) is 5.43 Å². The van der Waals surface area contributed by atoms with Crippen LogP contribution in [0.3, 0.4) is 0 Å². The van der Waals surface area contributed by atoms with Gasteiger partial charge in [0.1, 0.15) is 0 Å². The maximum atomic E-state index is 5.97. The van der Waals surface area contributed by atoms with Gasteiger partial charge in [0.05, 0.1) is 0 Å². The first-order valence-electron chi connectivity index (χ1n) is 8.06. The van der Waals surface area contributed by atoms with Gasteiger partial charge in [0.15, 0.2) is 0 Å². The van der Waals surface area contributed by atoms with Crippen molar-refractivity contribution in [3.05, 3.63) is 0 Å². The van der Waals surface area contributed by atoms with Crippen molar-refractivity contribution in [3.63, 3.8) is 0 Å². The summed E-state index contributed by atoms with van der Waals surface area (Å²) < 4.78 is 0. The van der Waals surface area contributed by atoms with E-state index in [0.717, 1.165) is 17.8 Å². The van der Waals surface area contributed by atoms with Crippen molar-refractivity contribution in [2.75, 3.05) is 0 Å². The third-order valence-corrected chi connectivity index (χ3v) is 5.92. The van der Waals surface area contributed by atoms with Gasteiger partial charge in [0, 0.05) is 6.04 Å². The number of hydrogen-bond acceptors (Lipinski definition) is 2. The van der Waals surface area contributed by atoms with Gasteiger partial charge in [-0.1, -0.05) is 52.9 Å². The maximum absolute atomic E-state index is 5.97. The Labute approximate surface area is 113 Å². The van der Waals surface area contributed by atoms with E-state index in [1.807, 2.05) is 0 Å². The molecule has 106 valence electrons. The Morgan fingerprint density at radius 2 is 1.89 bits per heavy atom. The molecule has 0 heterocycles. The third-order valence-electron chi connectivity index (χ3n) is 5.92. The van der Waals surface area contributed by atoms with Crippen LogP contribution in [-0.4, -0.2) is 6.04 Å². The summed E-state index contributed by atoms with van der Waals surface area (Å²) in [6, 6.07) is 0.549. The normalized spacial score (nSPS) is 37.7. The lowest BCUT2D eigenvalue weighted by atomic mass is 9.66. The molecule has 18 heavy (non-hydrogen) atoms. The summed E-state index contributed by atoms with van der Waals surface area (Å²) in [5.41, 5.74) is 3.71. The predicted molar refractivity (Wildman–Crippen MR) is 78.0 cm³/mol. The third kappa shape index (κ3) is 2.75. The van der Waals surface area contributed by atoms with Gasteiger partial charge in [-0.25, -0.2) is 0 Å². The van der Waals surface area contributed by atoms with Crippen LogP contribution < -0.4 is 11.3 Å². The molecule has 2 fully saturated rings. The van der Waals surface area contributed by atoms with E-state index in [4.69, 9.17) is 5.84 Å². The fraction of sp³-hybridized carbons (Fsp3) is 1.00. The first kappa shape index (κ1) is 14.3. The van der Waals surface area contributed by atoms with Crippen LogP contribution in [0.15, 0.2) is 0 Å². The molecular weight excluding hydrogens is 220 g/mol. The van der Waals surface area contributed by atoms with Gasteiger partial charge in [-0.15, -0.1) is 0 Å². The van der Waals surface area contributed by atoms with Crippen molar-refractivity contribution in [3.8, 4) is 0 Å². The Bertz CT molecular complexity index is 262. The van der Waals surface area contributed by atoms with Crippen LogP contribution in [-0.2, 0) is 0 Å². The van der Waals surface area contributed by atoms with Crippen LogP contribution in [0.5, 0.6) is 0 Å². The molecule has 2 rings (SSSR count). The topological polar surface area (TPSA) is 38.0 Å². The molecule has 2 aliphatic carbocycles. The van der Waals surface area contributed by atoms with Gasteiger partial charge in [0.25, 0.3) is 0 Å². The first-order chi connectivity index (χ1) is 8.60. The van der Waals surface area contributed by atoms with Gasteiger partial charge < -0.3 is 0 Å². The predicted octanol–water partition coefficient (Wildman–Crippen LogP) is 3.86. The smallest absolute Gasteiger partial charge is 0.0274 e. The van der Waals surface area contributed by atoms with E-state index in [-0.39, 0.29) is 0 Å². The molecule has 4 unspecified atom stereocenters. The molecule has 0 saturated heterocycles. The molecule has 0 aliphatic heterocycles. The van der Waals surface area contributed by atoms with Crippen molar-refractivity contribution >= 4 is 0 Å². The zero-order valence-corrected chi connectivity index (χ0v) is 12.5. The Morgan fingerprint density at radius 3 is 2.44 bits per heavy atom. The van der Waals surface area contributed by atoms with Crippen molar-refractivity contribution in [2.45, 2.75) is 78.2 Å². The molecule has 0 aromatic carbocycles. The molecule has 0 amide bonds. The van der Waals surface area contributed by atoms with E-state index >= 15 is 0 Å². The van der Waals surface area contributed by atoms with E-state index in [0.29, 0.717) is 11.5 Å². The lowest BCUT2D eigenvalue weighted by molar-refractivity contribution is 0.0920. The minimum Gasteiger partial charge on any atom is -0.271 e. The second-order valence-electron chi connectivity index (χ2n) is 7.30. The molecule has 2 saturated carbocycles. The average Bonchev–Trinajstić information content (AvgIpc) is 2.71. The monoisotopic (exact) mass is 252 g/mol. The van der Waals surface area contributed by atoms with E-state index < -0.39 is 0 Å². The van der Waals surface area contributed by atoms with Gasteiger partial charge in [-0.2, -0.15) is 0 Å². The van der Waals surface area contributed by atoms with Gasteiger partial charge in [-0.05, 0) is 42.4 Å². The van der Waals surface area contributed by atoms with Crippen LogP contribution in [0.2, 0.25) is 0 Å². The Hall–Kier alpha value is -0.0800. The minimum atomic E-state index is 0.479. The van der Waals surface area contributed by atoms with Crippen LogP contribution in [0, 0.1) is 23.2 Å². The highest BCUT2D eigenvalue weighted by Gasteiger charge is 2.43. The molecule has 0 aromatic rings. The number of nitrogens with one attached hydrogen (secondary N) is 1. The summed E-state index contributed by atoms with van der Waals surface area (Å²) in [4.78, 5) is 0. The standard InChI is InChI=1S/C16H32N2/c1-4-12-8-5-6-9-13(12)15(18-17)14-10-7-11-16(14,2)3/h12-15,18H,4-11,17H2,1-3H3. The van der Waals surface area contributed by atoms with Gasteiger partial charge in [-0.3, -0.25) is 11.3 Å². The zero-order chi connectivity index (χ0) is 13.2. The number of rotatable bonds is 4. The fourth-order valence-electron chi connectivity index (χ4n) is 4.77. The van der Waals surface area contributed by atoms with Crippen LogP contribution in [0.25, 0.3) is 0 Å². The highest BCUT2D eigenvalue weighted by atomic mass is 15.2. The molecular formula is C16H32N2. The first-order valence-corrected chi connectivity index (χ1v) is 8.06. The summed E-state index contributed by atoms with van der Waals surface area (Å²) in [5.74, 6) is 8.46. The lowest BCUT2D eigenvalue weighted by Crippen LogP contribution is -2.51. The fourth-order valence-corrected chi connectivity index (χ4v) is 4.77. The van der Waals surface area contributed by atoms with Crippen molar-refractivity contribution < 1.29 is 0 Å². The zero-order valence-electron chi connectivity index (χ0n) is 12.5. The molecule has 2 nitrogen and oxygen atoms in total. The van der Waals surface area contributed by atoms with E-state index in [1.54, 1.807) is 0 Å². The molecule has 0 bridgehead atoms. The molecule has 3 N–H and O–H groups in total. The minimum absolute atomic E-state index is 0.479. The highest BCUT2D eigenvalue weighted by molar-refractivity contribution is 4.96. The number of hydrazine groups is 1. The summed E-state index contributed by atoms with van der Waals surface area (Å²) in [7, 11) is 0. The second-order valence-corrected chi connectivity index (χ2v) is 7.30. The number of hydrogen-bond donors (Lipinski definition) is 2. The van der Waals surface area contributed by atoms with Crippen molar-refractivity contribution in [1.29, 1.82) is 0 Å². The average molecular weight is 252 g/mol. The molecule has 0 spiro atoms. The van der Waals surface area contributed by atoms with E-state index in [1.165, 1.54) is 51.4 Å². The summed E-state index contributed by atoms with van der Waals surface area (Å²) in [6.45, 7) is 7.24. The molecule has 2 heteroatoms. The molecule has 0 radical (unpaired) electrons. The maximum Gasteiger partial charge on any atom is 0.0274 e. The molecule has 0 aromatic heterocycles. The quantitative estimate of drug-likeness (QED) is 0.589. The Balaban J connectivity index is 2.11. The lowest BCUT2D eigenvalue weighted by Gasteiger charge is -2.43. The summed E-state index contributed by atoms with van der Waals surface area (Å²) in [6.07, 6.45) is 11.1. The highest BCUT2D eigenvalue weighted by Crippen LogP contribution is 2.48. The second kappa shape index (κ2) is 5.92. The van der Waals surface area contributed by atoms with Crippen LogP contribution in [0.1, 0.15) is 72.1 Å². The van der Waals surface area contributed by atoms with Gasteiger partial charge >= 0.3 is 0 Å². The largest absolute Gasteiger partial charge is 0.271 e. The molecule has 4 atom stereocenters.